The van der Waals surface area contributed by atoms with Gasteiger partial charge in [-0.15, -0.1) is 0 Å². The minimum Gasteiger partial charge on any atom is -0.356 e. The summed E-state index contributed by atoms with van der Waals surface area (Å²) >= 11 is 5.81. The molecule has 6 heteroatoms. The van der Waals surface area contributed by atoms with Gasteiger partial charge in [-0.1, -0.05) is 41.9 Å². The molecule has 0 aromatic heterocycles. The third-order valence-electron chi connectivity index (χ3n) is 3.35. The number of benzene rings is 2. The molecule has 0 N–H and O–H groups in total. The van der Waals surface area contributed by atoms with Crippen molar-refractivity contribution in [3.05, 3.63) is 65.2 Å². The Labute approximate surface area is 129 Å². The maximum atomic E-state index is 12.7. The Morgan fingerprint density at radius 3 is 2.38 bits per heavy atom. The molecule has 2 aromatic carbocycles. The monoisotopic (exact) mass is 323 g/mol. The van der Waals surface area contributed by atoms with Gasteiger partial charge in [0.1, 0.15) is 6.23 Å². The van der Waals surface area contributed by atoms with Crippen LogP contribution in [0.1, 0.15) is 11.8 Å². The molecule has 4 nitrogen and oxygen atoms in total. The van der Waals surface area contributed by atoms with Crippen LogP contribution in [0.3, 0.4) is 0 Å². The van der Waals surface area contributed by atoms with Crippen molar-refractivity contribution in [2.24, 2.45) is 0 Å². The van der Waals surface area contributed by atoms with Crippen LogP contribution in [-0.2, 0) is 14.8 Å². The van der Waals surface area contributed by atoms with Gasteiger partial charge in [-0.3, -0.25) is 0 Å². The molecule has 0 aliphatic carbocycles. The van der Waals surface area contributed by atoms with E-state index >= 15 is 0 Å². The van der Waals surface area contributed by atoms with E-state index in [1.807, 2.05) is 30.3 Å². The maximum Gasteiger partial charge on any atom is 0.245 e. The Hall–Kier alpha value is -1.40. The van der Waals surface area contributed by atoms with Gasteiger partial charge in [0.2, 0.25) is 10.0 Å². The number of hydrogen-bond donors (Lipinski definition) is 0. The number of nitrogens with zero attached hydrogens (tertiary/aromatic N) is 1. The summed E-state index contributed by atoms with van der Waals surface area (Å²) in [6.45, 7) is 0.719. The summed E-state index contributed by atoms with van der Waals surface area (Å²) in [7, 11) is -3.60. The van der Waals surface area contributed by atoms with E-state index in [1.165, 1.54) is 16.4 Å². The summed E-state index contributed by atoms with van der Waals surface area (Å²) in [5.41, 5.74) is 0.826. The zero-order chi connectivity index (χ0) is 14.9. The molecular weight excluding hydrogens is 310 g/mol. The van der Waals surface area contributed by atoms with Gasteiger partial charge in [0.25, 0.3) is 0 Å². The molecule has 110 valence electrons. The highest BCUT2D eigenvalue weighted by molar-refractivity contribution is 7.89. The maximum absolute atomic E-state index is 12.7. The van der Waals surface area contributed by atoms with Gasteiger partial charge in [0.05, 0.1) is 11.5 Å². The van der Waals surface area contributed by atoms with E-state index in [9.17, 15) is 8.42 Å². The molecule has 1 heterocycles. The number of rotatable bonds is 3. The van der Waals surface area contributed by atoms with Crippen LogP contribution in [0.4, 0.5) is 0 Å². The van der Waals surface area contributed by atoms with Crippen molar-refractivity contribution in [2.75, 3.05) is 13.2 Å². The Balaban J connectivity index is 1.96. The van der Waals surface area contributed by atoms with Crippen LogP contribution < -0.4 is 0 Å². The zero-order valence-corrected chi connectivity index (χ0v) is 12.7. The van der Waals surface area contributed by atoms with E-state index in [-0.39, 0.29) is 4.90 Å². The lowest BCUT2D eigenvalue weighted by atomic mass is 10.2. The van der Waals surface area contributed by atoms with Gasteiger partial charge in [-0.25, -0.2) is 8.42 Å². The third kappa shape index (κ3) is 2.82. The molecule has 1 saturated heterocycles. The van der Waals surface area contributed by atoms with E-state index in [0.29, 0.717) is 18.2 Å². The first kappa shape index (κ1) is 14.5. The fraction of sp³-hybridized carbons (Fsp3) is 0.200. The first-order valence-corrected chi connectivity index (χ1v) is 8.35. The fourth-order valence-corrected chi connectivity index (χ4v) is 3.95. The minimum absolute atomic E-state index is 0.221. The first-order chi connectivity index (χ1) is 10.1. The van der Waals surface area contributed by atoms with Crippen molar-refractivity contribution in [1.29, 1.82) is 0 Å². The lowest BCUT2D eigenvalue weighted by Crippen LogP contribution is -2.31. The van der Waals surface area contributed by atoms with Gasteiger partial charge in [0, 0.05) is 11.6 Å². The second-order valence-electron chi connectivity index (χ2n) is 4.70. The average molecular weight is 324 g/mol. The molecule has 0 amide bonds. The smallest absolute Gasteiger partial charge is 0.245 e. The van der Waals surface area contributed by atoms with Crippen molar-refractivity contribution in [2.45, 2.75) is 11.1 Å². The van der Waals surface area contributed by atoms with Crippen molar-refractivity contribution in [3.8, 4) is 0 Å². The van der Waals surface area contributed by atoms with Crippen molar-refractivity contribution in [3.63, 3.8) is 0 Å². The van der Waals surface area contributed by atoms with Crippen molar-refractivity contribution in [1.82, 2.24) is 4.31 Å². The molecule has 3 rings (SSSR count). The van der Waals surface area contributed by atoms with Gasteiger partial charge in [-0.05, 0) is 29.8 Å². The predicted molar refractivity (Wildman–Crippen MR) is 80.5 cm³/mol. The molecule has 0 spiro atoms. The third-order valence-corrected chi connectivity index (χ3v) is 5.47. The van der Waals surface area contributed by atoms with Crippen LogP contribution >= 0.6 is 11.6 Å². The zero-order valence-electron chi connectivity index (χ0n) is 11.1. The second kappa shape index (κ2) is 5.77. The van der Waals surface area contributed by atoms with Crippen LogP contribution in [-0.4, -0.2) is 25.9 Å². The second-order valence-corrected chi connectivity index (χ2v) is 7.03. The SMILES string of the molecule is O=S(=O)(c1ccc(Cl)cc1)N1CCOC1c1ccccc1. The molecule has 1 aliphatic rings. The molecule has 0 radical (unpaired) electrons. The average Bonchev–Trinajstić information content (AvgIpc) is 2.99. The van der Waals surface area contributed by atoms with Crippen LogP contribution in [0.5, 0.6) is 0 Å². The van der Waals surface area contributed by atoms with E-state index in [1.54, 1.807) is 12.1 Å². The van der Waals surface area contributed by atoms with Crippen molar-refractivity contribution >= 4 is 21.6 Å². The number of halogens is 1. The lowest BCUT2D eigenvalue weighted by molar-refractivity contribution is 0.0683. The lowest BCUT2D eigenvalue weighted by Gasteiger charge is -2.22. The highest BCUT2D eigenvalue weighted by atomic mass is 35.5. The number of hydrogen-bond acceptors (Lipinski definition) is 3. The van der Waals surface area contributed by atoms with Gasteiger partial charge in [-0.2, -0.15) is 4.31 Å². The van der Waals surface area contributed by atoms with Crippen LogP contribution in [0, 0.1) is 0 Å². The summed E-state index contributed by atoms with van der Waals surface area (Å²) in [6, 6.07) is 15.5. The molecule has 1 fully saturated rings. The Morgan fingerprint density at radius 2 is 1.71 bits per heavy atom. The van der Waals surface area contributed by atoms with E-state index in [2.05, 4.69) is 0 Å². The summed E-state index contributed by atoms with van der Waals surface area (Å²) in [5.74, 6) is 0. The largest absolute Gasteiger partial charge is 0.356 e. The van der Waals surface area contributed by atoms with E-state index in [0.717, 1.165) is 5.56 Å². The summed E-state index contributed by atoms with van der Waals surface area (Å²) in [4.78, 5) is 0.221. The fourth-order valence-electron chi connectivity index (χ4n) is 2.32. The topological polar surface area (TPSA) is 46.6 Å². The Morgan fingerprint density at radius 1 is 1.05 bits per heavy atom. The first-order valence-electron chi connectivity index (χ1n) is 6.53. The van der Waals surface area contributed by atoms with Crippen molar-refractivity contribution < 1.29 is 13.2 Å². The van der Waals surface area contributed by atoms with Gasteiger partial charge in [0.15, 0.2) is 0 Å². The molecule has 21 heavy (non-hydrogen) atoms. The normalized spacial score (nSPS) is 19.8. The molecule has 2 aromatic rings. The molecule has 0 bridgehead atoms. The Bertz CT molecular complexity index is 716. The molecule has 1 atom stereocenters. The summed E-state index contributed by atoms with van der Waals surface area (Å²) in [5, 5.41) is 0.506. The van der Waals surface area contributed by atoms with Crippen LogP contribution in [0.2, 0.25) is 5.02 Å². The van der Waals surface area contributed by atoms with E-state index < -0.39 is 16.3 Å². The Kier molecular flexibility index (Phi) is 3.99. The molecular formula is C15H14ClNO3S. The van der Waals surface area contributed by atoms with Gasteiger partial charge < -0.3 is 4.74 Å². The quantitative estimate of drug-likeness (QED) is 0.872. The highest BCUT2D eigenvalue weighted by Gasteiger charge is 2.37. The molecule has 0 saturated carbocycles. The summed E-state index contributed by atoms with van der Waals surface area (Å²) < 4.78 is 32.4. The molecule has 1 unspecified atom stereocenters. The summed E-state index contributed by atoms with van der Waals surface area (Å²) in [6.07, 6.45) is -0.577. The standard InChI is InChI=1S/C15H14ClNO3S/c16-13-6-8-14(9-7-13)21(18,19)17-10-11-20-15(17)12-4-2-1-3-5-12/h1-9,15H,10-11H2. The molecule has 1 aliphatic heterocycles. The van der Waals surface area contributed by atoms with Crippen LogP contribution in [0.25, 0.3) is 0 Å². The number of sulfonamides is 1. The minimum atomic E-state index is -3.60. The van der Waals surface area contributed by atoms with Crippen LogP contribution in [0.15, 0.2) is 59.5 Å². The number of ether oxygens (including phenoxy) is 1. The van der Waals surface area contributed by atoms with E-state index in [4.69, 9.17) is 16.3 Å². The highest BCUT2D eigenvalue weighted by Crippen LogP contribution is 2.32. The predicted octanol–water partition coefficient (Wildman–Crippen LogP) is 3.06. The van der Waals surface area contributed by atoms with Gasteiger partial charge >= 0.3 is 0 Å².